The number of nitrogens with zero attached hydrogens (tertiary/aromatic N) is 1. The zero-order chi connectivity index (χ0) is 18.7. The molecule has 0 unspecified atom stereocenters. The van der Waals surface area contributed by atoms with Crippen molar-refractivity contribution in [2.24, 2.45) is 5.92 Å². The molecule has 0 spiro atoms. The van der Waals surface area contributed by atoms with Crippen LogP contribution in [-0.2, 0) is 16.0 Å². The van der Waals surface area contributed by atoms with Gasteiger partial charge in [0.2, 0.25) is 11.8 Å². The lowest BCUT2D eigenvalue weighted by atomic mass is 10.1. The van der Waals surface area contributed by atoms with Crippen LogP contribution in [0.1, 0.15) is 12.0 Å². The molecule has 7 heteroatoms. The lowest BCUT2D eigenvalue weighted by Gasteiger charge is -2.17. The Morgan fingerprint density at radius 1 is 1.19 bits per heavy atom. The van der Waals surface area contributed by atoms with E-state index in [0.717, 1.165) is 5.56 Å². The number of nitrogens with one attached hydrogen (secondary N) is 1. The van der Waals surface area contributed by atoms with Gasteiger partial charge in [0.05, 0.1) is 10.9 Å². The standard InChI is InChI=1S/C19H17Cl2FN2O2/c20-14-3-1-12(2-4-14)7-8-23-19(26)13-9-18(25)24(11-13)15-5-6-17(22)16(21)10-15/h1-6,10,13H,7-9,11H2,(H,23,26)/t13-/m1/s1. The van der Waals surface area contributed by atoms with Crippen LogP contribution in [0.2, 0.25) is 10.0 Å². The normalized spacial score (nSPS) is 16.8. The van der Waals surface area contributed by atoms with Crippen LogP contribution in [0.15, 0.2) is 42.5 Å². The van der Waals surface area contributed by atoms with Gasteiger partial charge in [0.15, 0.2) is 0 Å². The molecule has 1 aliphatic heterocycles. The van der Waals surface area contributed by atoms with Crippen LogP contribution < -0.4 is 10.2 Å². The number of halogens is 3. The van der Waals surface area contributed by atoms with Crippen LogP contribution in [0.25, 0.3) is 0 Å². The van der Waals surface area contributed by atoms with Crippen LogP contribution in [0.5, 0.6) is 0 Å². The first-order valence-corrected chi connectivity index (χ1v) is 8.97. The number of anilines is 1. The van der Waals surface area contributed by atoms with E-state index in [2.05, 4.69) is 5.32 Å². The van der Waals surface area contributed by atoms with Crippen molar-refractivity contribution in [3.63, 3.8) is 0 Å². The number of hydrogen-bond acceptors (Lipinski definition) is 2. The maximum atomic E-state index is 13.3. The van der Waals surface area contributed by atoms with E-state index in [4.69, 9.17) is 23.2 Å². The van der Waals surface area contributed by atoms with Crippen molar-refractivity contribution in [2.75, 3.05) is 18.0 Å². The summed E-state index contributed by atoms with van der Waals surface area (Å²) in [5.41, 5.74) is 1.57. The lowest BCUT2D eigenvalue weighted by Crippen LogP contribution is -2.34. The summed E-state index contributed by atoms with van der Waals surface area (Å²) in [6.45, 7) is 0.737. The quantitative estimate of drug-likeness (QED) is 0.837. The van der Waals surface area contributed by atoms with Gasteiger partial charge in [0.25, 0.3) is 0 Å². The average molecular weight is 395 g/mol. The zero-order valence-corrected chi connectivity index (χ0v) is 15.4. The van der Waals surface area contributed by atoms with E-state index in [1.165, 1.54) is 23.1 Å². The summed E-state index contributed by atoms with van der Waals surface area (Å²) in [5, 5.41) is 3.48. The third-order valence-electron chi connectivity index (χ3n) is 4.34. The van der Waals surface area contributed by atoms with Crippen LogP contribution in [-0.4, -0.2) is 24.9 Å². The molecule has 4 nitrogen and oxygen atoms in total. The summed E-state index contributed by atoms with van der Waals surface area (Å²) in [6.07, 6.45) is 0.808. The first-order chi connectivity index (χ1) is 12.4. The predicted molar refractivity (Wildman–Crippen MR) is 100 cm³/mol. The molecule has 3 rings (SSSR count). The predicted octanol–water partition coefficient (Wildman–Crippen LogP) is 3.84. The highest BCUT2D eigenvalue weighted by Gasteiger charge is 2.35. The molecule has 1 fully saturated rings. The molecule has 2 aromatic rings. The second-order valence-corrected chi connectivity index (χ2v) is 7.01. The van der Waals surface area contributed by atoms with Crippen LogP contribution in [0.3, 0.4) is 0 Å². The van der Waals surface area contributed by atoms with E-state index >= 15 is 0 Å². The van der Waals surface area contributed by atoms with Gasteiger partial charge in [0.1, 0.15) is 5.82 Å². The Kier molecular flexibility index (Phi) is 5.79. The summed E-state index contributed by atoms with van der Waals surface area (Å²) in [4.78, 5) is 26.0. The minimum Gasteiger partial charge on any atom is -0.355 e. The fraction of sp³-hybridized carbons (Fsp3) is 0.263. The smallest absolute Gasteiger partial charge is 0.227 e. The third kappa shape index (κ3) is 4.34. The summed E-state index contributed by atoms with van der Waals surface area (Å²) < 4.78 is 13.3. The number of amides is 2. The molecule has 136 valence electrons. The molecule has 0 aromatic heterocycles. The van der Waals surface area contributed by atoms with Gasteiger partial charge in [-0.05, 0) is 42.3 Å². The van der Waals surface area contributed by atoms with E-state index in [1.807, 2.05) is 12.1 Å². The number of hydrogen-bond donors (Lipinski definition) is 1. The Hall–Kier alpha value is -2.11. The second kappa shape index (κ2) is 8.06. The van der Waals surface area contributed by atoms with Crippen molar-refractivity contribution in [3.8, 4) is 0 Å². The number of carbonyl (C=O) groups excluding carboxylic acids is 2. The van der Waals surface area contributed by atoms with Crippen molar-refractivity contribution in [1.29, 1.82) is 0 Å². The third-order valence-corrected chi connectivity index (χ3v) is 4.88. The molecular formula is C19H17Cl2FN2O2. The van der Waals surface area contributed by atoms with Crippen molar-refractivity contribution < 1.29 is 14.0 Å². The Balaban J connectivity index is 1.54. The molecular weight excluding hydrogens is 378 g/mol. The fourth-order valence-electron chi connectivity index (χ4n) is 2.91. The summed E-state index contributed by atoms with van der Waals surface area (Å²) in [6, 6.07) is 11.5. The van der Waals surface area contributed by atoms with Crippen molar-refractivity contribution >= 4 is 40.7 Å². The van der Waals surface area contributed by atoms with Gasteiger partial charge in [-0.25, -0.2) is 4.39 Å². The number of rotatable bonds is 5. The van der Waals surface area contributed by atoms with E-state index in [9.17, 15) is 14.0 Å². The number of carbonyl (C=O) groups is 2. The van der Waals surface area contributed by atoms with E-state index < -0.39 is 11.7 Å². The Morgan fingerprint density at radius 2 is 1.92 bits per heavy atom. The molecule has 26 heavy (non-hydrogen) atoms. The molecule has 0 radical (unpaired) electrons. The molecule has 0 bridgehead atoms. The SMILES string of the molecule is O=C(NCCc1ccc(Cl)cc1)[C@@H]1CC(=O)N(c2ccc(F)c(Cl)c2)C1. The summed E-state index contributed by atoms with van der Waals surface area (Å²) in [7, 11) is 0. The fourth-order valence-corrected chi connectivity index (χ4v) is 3.21. The maximum Gasteiger partial charge on any atom is 0.227 e. The zero-order valence-electron chi connectivity index (χ0n) is 13.8. The van der Waals surface area contributed by atoms with Gasteiger partial charge < -0.3 is 10.2 Å². The topological polar surface area (TPSA) is 49.4 Å². The highest BCUT2D eigenvalue weighted by molar-refractivity contribution is 6.31. The van der Waals surface area contributed by atoms with E-state index in [-0.39, 0.29) is 29.8 Å². The lowest BCUT2D eigenvalue weighted by molar-refractivity contribution is -0.126. The van der Waals surface area contributed by atoms with Gasteiger partial charge in [-0.1, -0.05) is 35.3 Å². The highest BCUT2D eigenvalue weighted by Crippen LogP contribution is 2.28. The molecule has 1 atom stereocenters. The molecule has 1 heterocycles. The van der Waals surface area contributed by atoms with Crippen LogP contribution in [0.4, 0.5) is 10.1 Å². The molecule has 1 N–H and O–H groups in total. The molecule has 1 aliphatic rings. The van der Waals surface area contributed by atoms with Gasteiger partial charge in [0, 0.05) is 30.2 Å². The molecule has 0 aliphatic carbocycles. The van der Waals surface area contributed by atoms with Gasteiger partial charge >= 0.3 is 0 Å². The van der Waals surface area contributed by atoms with Crippen molar-refractivity contribution in [1.82, 2.24) is 5.32 Å². The average Bonchev–Trinajstić information content (AvgIpc) is 3.01. The van der Waals surface area contributed by atoms with Crippen LogP contribution >= 0.6 is 23.2 Å². The Labute approximate surface area is 160 Å². The Morgan fingerprint density at radius 3 is 2.62 bits per heavy atom. The second-order valence-electron chi connectivity index (χ2n) is 6.17. The minimum atomic E-state index is -0.543. The molecule has 2 aromatic carbocycles. The van der Waals surface area contributed by atoms with E-state index in [1.54, 1.807) is 12.1 Å². The monoisotopic (exact) mass is 394 g/mol. The largest absolute Gasteiger partial charge is 0.355 e. The Bertz CT molecular complexity index is 827. The first-order valence-electron chi connectivity index (χ1n) is 8.21. The van der Waals surface area contributed by atoms with Gasteiger partial charge in [-0.3, -0.25) is 9.59 Å². The molecule has 0 saturated carbocycles. The van der Waals surface area contributed by atoms with E-state index in [0.29, 0.717) is 23.7 Å². The minimum absolute atomic E-state index is 0.0498. The van der Waals surface area contributed by atoms with Gasteiger partial charge in [-0.2, -0.15) is 0 Å². The van der Waals surface area contributed by atoms with Crippen molar-refractivity contribution in [2.45, 2.75) is 12.8 Å². The molecule has 2 amide bonds. The van der Waals surface area contributed by atoms with Crippen molar-refractivity contribution in [3.05, 3.63) is 63.9 Å². The van der Waals surface area contributed by atoms with Gasteiger partial charge in [-0.15, -0.1) is 0 Å². The van der Waals surface area contributed by atoms with Crippen LogP contribution in [0, 0.1) is 11.7 Å². The highest BCUT2D eigenvalue weighted by atomic mass is 35.5. The maximum absolute atomic E-state index is 13.3. The summed E-state index contributed by atoms with van der Waals surface area (Å²) in [5.74, 6) is -1.32. The molecule has 1 saturated heterocycles. The summed E-state index contributed by atoms with van der Waals surface area (Å²) >= 11 is 11.6. The number of benzene rings is 2. The first kappa shape index (κ1) is 18.7.